The SMILES string of the molecule is CCN(CC)C(=O)c1ccc(NC(=O)c2ccc(Cl)c(S(=O)(=O)N(C)C)c2)cc1. The van der Waals surface area contributed by atoms with Gasteiger partial charge in [-0.05, 0) is 56.3 Å². The van der Waals surface area contributed by atoms with Crippen molar-refractivity contribution in [1.82, 2.24) is 9.21 Å². The summed E-state index contributed by atoms with van der Waals surface area (Å²) in [6, 6.07) is 10.6. The van der Waals surface area contributed by atoms with Crippen molar-refractivity contribution in [2.45, 2.75) is 18.7 Å². The lowest BCUT2D eigenvalue weighted by Gasteiger charge is -2.18. The molecule has 0 spiro atoms. The highest BCUT2D eigenvalue weighted by Crippen LogP contribution is 2.25. The summed E-state index contributed by atoms with van der Waals surface area (Å²) in [4.78, 5) is 26.5. The summed E-state index contributed by atoms with van der Waals surface area (Å²) in [7, 11) is -1.01. The van der Waals surface area contributed by atoms with Crippen molar-refractivity contribution in [3.63, 3.8) is 0 Å². The number of sulfonamides is 1. The average molecular weight is 438 g/mol. The first kappa shape index (κ1) is 22.9. The summed E-state index contributed by atoms with van der Waals surface area (Å²) in [6.45, 7) is 5.05. The minimum absolute atomic E-state index is 0.0366. The van der Waals surface area contributed by atoms with Crippen molar-refractivity contribution in [3.05, 3.63) is 58.6 Å². The van der Waals surface area contributed by atoms with E-state index in [0.717, 1.165) is 4.31 Å². The van der Waals surface area contributed by atoms with Gasteiger partial charge in [-0.15, -0.1) is 0 Å². The van der Waals surface area contributed by atoms with Gasteiger partial charge in [-0.25, -0.2) is 12.7 Å². The van der Waals surface area contributed by atoms with Crippen LogP contribution in [0.5, 0.6) is 0 Å². The van der Waals surface area contributed by atoms with Gasteiger partial charge in [0.15, 0.2) is 0 Å². The molecule has 2 amide bonds. The third-order valence-electron chi connectivity index (χ3n) is 4.39. The van der Waals surface area contributed by atoms with Crippen LogP contribution in [0.4, 0.5) is 5.69 Å². The van der Waals surface area contributed by atoms with Gasteiger partial charge in [0.2, 0.25) is 10.0 Å². The topological polar surface area (TPSA) is 86.8 Å². The van der Waals surface area contributed by atoms with Crippen LogP contribution >= 0.6 is 11.6 Å². The molecule has 0 radical (unpaired) electrons. The van der Waals surface area contributed by atoms with Crippen molar-refractivity contribution >= 4 is 39.1 Å². The van der Waals surface area contributed by atoms with Crippen LogP contribution in [0.2, 0.25) is 5.02 Å². The number of hydrogen-bond donors (Lipinski definition) is 1. The van der Waals surface area contributed by atoms with Gasteiger partial charge in [-0.3, -0.25) is 9.59 Å². The van der Waals surface area contributed by atoms with Gasteiger partial charge in [0.05, 0.1) is 5.02 Å². The standard InChI is InChI=1S/C20H24ClN3O4S/c1-5-24(6-2)20(26)14-7-10-16(11-8-14)22-19(25)15-9-12-17(21)18(13-15)29(27,28)23(3)4/h7-13H,5-6H2,1-4H3,(H,22,25). The predicted molar refractivity (Wildman–Crippen MR) is 114 cm³/mol. The number of benzene rings is 2. The van der Waals surface area contributed by atoms with Crippen LogP contribution in [-0.2, 0) is 10.0 Å². The number of nitrogens with one attached hydrogen (secondary N) is 1. The Balaban J connectivity index is 2.22. The van der Waals surface area contributed by atoms with Crippen molar-refractivity contribution in [3.8, 4) is 0 Å². The third kappa shape index (κ3) is 5.14. The van der Waals surface area contributed by atoms with Crippen molar-refractivity contribution in [2.75, 3.05) is 32.5 Å². The van der Waals surface area contributed by atoms with Gasteiger partial charge in [0.1, 0.15) is 4.90 Å². The number of amides is 2. The quantitative estimate of drug-likeness (QED) is 0.719. The van der Waals surface area contributed by atoms with Gasteiger partial charge < -0.3 is 10.2 Å². The molecule has 2 rings (SSSR count). The van der Waals surface area contributed by atoms with Gasteiger partial charge in [-0.2, -0.15) is 0 Å². The number of carbonyl (C=O) groups is 2. The molecule has 0 bridgehead atoms. The largest absolute Gasteiger partial charge is 0.339 e. The molecule has 2 aromatic rings. The number of anilines is 1. The van der Waals surface area contributed by atoms with E-state index >= 15 is 0 Å². The number of rotatable bonds is 7. The molecule has 7 nitrogen and oxygen atoms in total. The Kier molecular flexibility index (Phi) is 7.40. The smallest absolute Gasteiger partial charge is 0.255 e. The molecule has 0 saturated heterocycles. The van der Waals surface area contributed by atoms with E-state index < -0.39 is 15.9 Å². The van der Waals surface area contributed by atoms with E-state index in [1.54, 1.807) is 29.2 Å². The molecule has 0 aromatic heterocycles. The van der Waals surface area contributed by atoms with E-state index in [1.807, 2.05) is 13.8 Å². The molecule has 2 aromatic carbocycles. The Labute approximate surface area is 176 Å². The second kappa shape index (κ2) is 9.39. The van der Waals surface area contributed by atoms with E-state index in [4.69, 9.17) is 11.6 Å². The fourth-order valence-electron chi connectivity index (χ4n) is 2.63. The zero-order valence-corrected chi connectivity index (χ0v) is 18.3. The summed E-state index contributed by atoms with van der Waals surface area (Å²) >= 11 is 6.01. The highest BCUT2D eigenvalue weighted by molar-refractivity contribution is 7.89. The maximum Gasteiger partial charge on any atom is 0.255 e. The fourth-order valence-corrected chi connectivity index (χ4v) is 4.03. The Hall–Kier alpha value is -2.42. The number of hydrogen-bond acceptors (Lipinski definition) is 4. The van der Waals surface area contributed by atoms with Gasteiger partial charge in [0.25, 0.3) is 11.8 Å². The van der Waals surface area contributed by atoms with E-state index in [-0.39, 0.29) is 21.4 Å². The van der Waals surface area contributed by atoms with Gasteiger partial charge in [-0.1, -0.05) is 11.6 Å². The molecule has 156 valence electrons. The minimum atomic E-state index is -3.79. The highest BCUT2D eigenvalue weighted by atomic mass is 35.5. The summed E-state index contributed by atoms with van der Waals surface area (Å²) in [6.07, 6.45) is 0. The normalized spacial score (nSPS) is 11.4. The predicted octanol–water partition coefficient (Wildman–Crippen LogP) is 3.32. The maximum absolute atomic E-state index is 12.6. The lowest BCUT2D eigenvalue weighted by molar-refractivity contribution is 0.0773. The average Bonchev–Trinajstić information content (AvgIpc) is 2.69. The Morgan fingerprint density at radius 1 is 0.966 bits per heavy atom. The first-order valence-electron chi connectivity index (χ1n) is 9.04. The van der Waals surface area contributed by atoms with E-state index in [0.29, 0.717) is 24.3 Å². The summed E-state index contributed by atoms with van der Waals surface area (Å²) in [5.74, 6) is -0.566. The number of carbonyl (C=O) groups excluding carboxylic acids is 2. The van der Waals surface area contributed by atoms with Crippen LogP contribution in [0.25, 0.3) is 0 Å². The molecule has 0 heterocycles. The van der Waals surface area contributed by atoms with Gasteiger partial charge >= 0.3 is 0 Å². The first-order chi connectivity index (χ1) is 13.6. The summed E-state index contributed by atoms with van der Waals surface area (Å²) < 4.78 is 25.8. The molecule has 9 heteroatoms. The fraction of sp³-hybridized carbons (Fsp3) is 0.300. The monoisotopic (exact) mass is 437 g/mol. The van der Waals surface area contributed by atoms with Crippen molar-refractivity contribution in [1.29, 1.82) is 0 Å². The molecule has 1 N–H and O–H groups in total. The molecule has 0 aliphatic rings. The third-order valence-corrected chi connectivity index (χ3v) is 6.69. The van der Waals surface area contributed by atoms with Crippen LogP contribution in [0.1, 0.15) is 34.6 Å². The molecular formula is C20H24ClN3O4S. The summed E-state index contributed by atoms with van der Waals surface area (Å²) in [5.41, 5.74) is 1.16. The van der Waals surface area contributed by atoms with E-state index in [2.05, 4.69) is 5.32 Å². The molecule has 0 saturated carbocycles. The Bertz CT molecular complexity index is 1000. The Morgan fingerprint density at radius 2 is 1.52 bits per heavy atom. The maximum atomic E-state index is 12.6. The number of nitrogens with zero attached hydrogens (tertiary/aromatic N) is 2. The lowest BCUT2D eigenvalue weighted by atomic mass is 10.1. The minimum Gasteiger partial charge on any atom is -0.339 e. The van der Waals surface area contributed by atoms with Crippen LogP contribution in [0.15, 0.2) is 47.4 Å². The van der Waals surface area contributed by atoms with Crippen molar-refractivity contribution in [2.24, 2.45) is 0 Å². The van der Waals surface area contributed by atoms with Crippen LogP contribution in [0, 0.1) is 0 Å². The first-order valence-corrected chi connectivity index (χ1v) is 10.9. The molecule has 29 heavy (non-hydrogen) atoms. The van der Waals surface area contributed by atoms with Gasteiger partial charge in [0, 0.05) is 44.0 Å². The van der Waals surface area contributed by atoms with E-state index in [1.165, 1.54) is 32.3 Å². The molecule has 0 unspecified atom stereocenters. The second-order valence-corrected chi connectivity index (χ2v) is 8.97. The summed E-state index contributed by atoms with van der Waals surface area (Å²) in [5, 5.41) is 2.73. The Morgan fingerprint density at radius 3 is 2.03 bits per heavy atom. The molecule has 0 aliphatic carbocycles. The second-order valence-electron chi connectivity index (χ2n) is 6.44. The molecule has 0 fully saturated rings. The lowest BCUT2D eigenvalue weighted by Crippen LogP contribution is -2.30. The zero-order valence-electron chi connectivity index (χ0n) is 16.8. The zero-order chi connectivity index (χ0) is 21.8. The number of halogens is 1. The van der Waals surface area contributed by atoms with Crippen LogP contribution in [0.3, 0.4) is 0 Å². The molecular weight excluding hydrogens is 414 g/mol. The highest BCUT2D eigenvalue weighted by Gasteiger charge is 2.22. The van der Waals surface area contributed by atoms with E-state index in [9.17, 15) is 18.0 Å². The molecule has 0 aliphatic heterocycles. The molecule has 0 atom stereocenters. The van der Waals surface area contributed by atoms with Crippen LogP contribution in [-0.4, -0.2) is 56.6 Å². The van der Waals surface area contributed by atoms with Crippen LogP contribution < -0.4 is 5.32 Å². The van der Waals surface area contributed by atoms with Crippen molar-refractivity contribution < 1.29 is 18.0 Å².